The summed E-state index contributed by atoms with van der Waals surface area (Å²) in [5, 5.41) is 6.99. The third kappa shape index (κ3) is 3.61. The quantitative estimate of drug-likeness (QED) is 0.896. The summed E-state index contributed by atoms with van der Waals surface area (Å²) in [4.78, 5) is 0. The van der Waals surface area contributed by atoms with E-state index >= 15 is 0 Å². The van der Waals surface area contributed by atoms with Crippen molar-refractivity contribution in [2.24, 2.45) is 0 Å². The van der Waals surface area contributed by atoms with Crippen LogP contribution in [0.25, 0.3) is 0 Å². The van der Waals surface area contributed by atoms with Crippen LogP contribution in [0.1, 0.15) is 19.3 Å². The normalized spacial score (nSPS) is 20.0. The summed E-state index contributed by atoms with van der Waals surface area (Å²) >= 11 is 3.49. The molecule has 94 valence electrons. The van der Waals surface area contributed by atoms with Crippen molar-refractivity contribution in [3.8, 4) is 5.75 Å². The topological polar surface area (TPSA) is 33.3 Å². The molecule has 3 nitrogen and oxygen atoms in total. The fourth-order valence-electron chi connectivity index (χ4n) is 2.12. The van der Waals surface area contributed by atoms with Gasteiger partial charge in [-0.2, -0.15) is 0 Å². The molecule has 1 heterocycles. The highest BCUT2D eigenvalue weighted by atomic mass is 79.9. The molecule has 0 aromatic heterocycles. The number of methoxy groups -OCH3 is 1. The maximum atomic E-state index is 5.21. The van der Waals surface area contributed by atoms with Gasteiger partial charge in [-0.3, -0.25) is 0 Å². The number of ether oxygens (including phenoxy) is 1. The van der Waals surface area contributed by atoms with Crippen molar-refractivity contribution in [3.63, 3.8) is 0 Å². The molecule has 1 saturated heterocycles. The Morgan fingerprint density at radius 1 is 1.47 bits per heavy atom. The minimum Gasteiger partial charge on any atom is -0.496 e. The molecule has 1 aromatic rings. The highest BCUT2D eigenvalue weighted by molar-refractivity contribution is 9.10. The van der Waals surface area contributed by atoms with E-state index in [2.05, 4.69) is 32.6 Å². The molecular formula is C13H19BrN2O. The second-order valence-corrected chi connectivity index (χ2v) is 5.23. The van der Waals surface area contributed by atoms with E-state index < -0.39 is 0 Å². The zero-order valence-corrected chi connectivity index (χ0v) is 11.7. The Hall–Kier alpha value is -0.740. The molecule has 4 heteroatoms. The Bertz CT molecular complexity index is 364. The molecule has 17 heavy (non-hydrogen) atoms. The van der Waals surface area contributed by atoms with Gasteiger partial charge in [0.05, 0.1) is 11.6 Å². The first-order valence-electron chi connectivity index (χ1n) is 6.10. The molecule has 0 aliphatic carbocycles. The number of piperidine rings is 1. The van der Waals surface area contributed by atoms with Crippen LogP contribution >= 0.6 is 15.9 Å². The Labute approximate surface area is 111 Å². The van der Waals surface area contributed by atoms with E-state index in [4.69, 9.17) is 4.74 Å². The Kier molecular flexibility index (Phi) is 4.68. The third-order valence-corrected chi connectivity index (χ3v) is 3.74. The molecule has 0 radical (unpaired) electrons. The number of nitrogens with one attached hydrogen (secondary N) is 2. The van der Waals surface area contributed by atoms with Crippen molar-refractivity contribution in [1.29, 1.82) is 0 Å². The summed E-state index contributed by atoms with van der Waals surface area (Å²) in [6.45, 7) is 2.14. The van der Waals surface area contributed by atoms with Crippen LogP contribution in [0.5, 0.6) is 5.75 Å². The van der Waals surface area contributed by atoms with Gasteiger partial charge in [0.1, 0.15) is 5.75 Å². The van der Waals surface area contributed by atoms with Crippen molar-refractivity contribution in [1.82, 2.24) is 5.32 Å². The van der Waals surface area contributed by atoms with Crippen molar-refractivity contribution >= 4 is 21.6 Å². The van der Waals surface area contributed by atoms with Gasteiger partial charge in [-0.15, -0.1) is 0 Å². The molecule has 0 bridgehead atoms. The van der Waals surface area contributed by atoms with Gasteiger partial charge in [0, 0.05) is 18.3 Å². The van der Waals surface area contributed by atoms with E-state index in [0.29, 0.717) is 6.04 Å². The molecule has 1 unspecified atom stereocenters. The summed E-state index contributed by atoms with van der Waals surface area (Å²) in [6, 6.07) is 6.68. The van der Waals surface area contributed by atoms with Gasteiger partial charge < -0.3 is 15.4 Å². The molecule has 2 rings (SSSR count). The molecule has 1 aliphatic rings. The van der Waals surface area contributed by atoms with Crippen LogP contribution < -0.4 is 15.4 Å². The Morgan fingerprint density at radius 3 is 3.00 bits per heavy atom. The van der Waals surface area contributed by atoms with Gasteiger partial charge in [0.25, 0.3) is 0 Å². The van der Waals surface area contributed by atoms with Gasteiger partial charge in [0.15, 0.2) is 0 Å². The standard InChI is InChI=1S/C13H19BrN2O/c1-17-13-6-5-10(8-12(13)14)16-9-11-4-2-3-7-15-11/h5-6,8,11,15-16H,2-4,7,9H2,1H3. The van der Waals surface area contributed by atoms with Crippen LogP contribution in [-0.4, -0.2) is 26.2 Å². The number of rotatable bonds is 4. The molecule has 0 spiro atoms. The van der Waals surface area contributed by atoms with E-state index in [0.717, 1.165) is 29.0 Å². The molecule has 0 amide bonds. The lowest BCUT2D eigenvalue weighted by Gasteiger charge is -2.24. The van der Waals surface area contributed by atoms with E-state index in [-0.39, 0.29) is 0 Å². The van der Waals surface area contributed by atoms with Gasteiger partial charge in [0.2, 0.25) is 0 Å². The SMILES string of the molecule is COc1ccc(NCC2CCCCN2)cc1Br. The van der Waals surface area contributed by atoms with Gasteiger partial charge in [-0.25, -0.2) is 0 Å². The number of hydrogen-bond donors (Lipinski definition) is 2. The second kappa shape index (κ2) is 6.26. The van der Waals surface area contributed by atoms with Crippen molar-refractivity contribution < 1.29 is 4.74 Å². The summed E-state index contributed by atoms with van der Waals surface area (Å²) in [7, 11) is 1.68. The second-order valence-electron chi connectivity index (χ2n) is 4.38. The van der Waals surface area contributed by atoms with Crippen molar-refractivity contribution in [3.05, 3.63) is 22.7 Å². The summed E-state index contributed by atoms with van der Waals surface area (Å²) in [6.07, 6.45) is 3.92. The van der Waals surface area contributed by atoms with E-state index in [1.54, 1.807) is 7.11 Å². The van der Waals surface area contributed by atoms with Crippen LogP contribution in [0.15, 0.2) is 22.7 Å². The predicted octanol–water partition coefficient (Wildman–Crippen LogP) is 3.01. The van der Waals surface area contributed by atoms with Crippen LogP contribution in [0, 0.1) is 0 Å². The highest BCUT2D eigenvalue weighted by Crippen LogP contribution is 2.27. The monoisotopic (exact) mass is 298 g/mol. The molecule has 0 saturated carbocycles. The van der Waals surface area contributed by atoms with Gasteiger partial charge >= 0.3 is 0 Å². The molecule has 1 atom stereocenters. The fourth-order valence-corrected chi connectivity index (χ4v) is 2.66. The lowest BCUT2D eigenvalue weighted by atomic mass is 10.1. The average Bonchev–Trinajstić information content (AvgIpc) is 2.38. The lowest BCUT2D eigenvalue weighted by molar-refractivity contribution is 0.411. The molecular weight excluding hydrogens is 280 g/mol. The summed E-state index contributed by atoms with van der Waals surface area (Å²) in [5.41, 5.74) is 1.13. The number of hydrogen-bond acceptors (Lipinski definition) is 3. The highest BCUT2D eigenvalue weighted by Gasteiger charge is 2.11. The Balaban J connectivity index is 1.87. The zero-order chi connectivity index (χ0) is 12.1. The van der Waals surface area contributed by atoms with Crippen LogP contribution in [0.4, 0.5) is 5.69 Å². The maximum Gasteiger partial charge on any atom is 0.133 e. The predicted molar refractivity (Wildman–Crippen MR) is 74.8 cm³/mol. The Morgan fingerprint density at radius 2 is 2.35 bits per heavy atom. The number of anilines is 1. The van der Waals surface area contributed by atoms with Crippen LogP contribution in [0.2, 0.25) is 0 Å². The summed E-state index contributed by atoms with van der Waals surface area (Å²) < 4.78 is 6.20. The van der Waals surface area contributed by atoms with Gasteiger partial charge in [-0.1, -0.05) is 6.42 Å². The maximum absolute atomic E-state index is 5.21. The van der Waals surface area contributed by atoms with Crippen molar-refractivity contribution in [2.45, 2.75) is 25.3 Å². The molecule has 1 fully saturated rings. The van der Waals surface area contributed by atoms with E-state index in [9.17, 15) is 0 Å². The minimum atomic E-state index is 0.602. The smallest absolute Gasteiger partial charge is 0.133 e. The first-order chi connectivity index (χ1) is 8.29. The fraction of sp³-hybridized carbons (Fsp3) is 0.538. The molecule has 2 N–H and O–H groups in total. The van der Waals surface area contributed by atoms with Crippen molar-refractivity contribution in [2.75, 3.05) is 25.5 Å². The van der Waals surface area contributed by atoms with E-state index in [1.807, 2.05) is 12.1 Å². The molecule has 1 aromatic carbocycles. The molecule has 1 aliphatic heterocycles. The third-order valence-electron chi connectivity index (χ3n) is 3.12. The first-order valence-corrected chi connectivity index (χ1v) is 6.89. The zero-order valence-electron chi connectivity index (χ0n) is 10.1. The largest absolute Gasteiger partial charge is 0.496 e. The van der Waals surface area contributed by atoms with Crippen LogP contribution in [0.3, 0.4) is 0 Å². The van der Waals surface area contributed by atoms with E-state index in [1.165, 1.54) is 19.3 Å². The van der Waals surface area contributed by atoms with Gasteiger partial charge in [-0.05, 0) is 53.5 Å². The lowest BCUT2D eigenvalue weighted by Crippen LogP contribution is -2.39. The summed E-state index contributed by atoms with van der Waals surface area (Å²) in [5.74, 6) is 0.867. The number of benzene rings is 1. The first kappa shape index (κ1) is 12.7. The minimum absolute atomic E-state index is 0.602. The van der Waals surface area contributed by atoms with Crippen LogP contribution in [-0.2, 0) is 0 Å². The average molecular weight is 299 g/mol. The number of halogens is 1.